The summed E-state index contributed by atoms with van der Waals surface area (Å²) in [6.45, 7) is 6.04. The second kappa shape index (κ2) is 7.27. The first-order chi connectivity index (χ1) is 9.66. The molecule has 0 radical (unpaired) electrons. The predicted molar refractivity (Wildman–Crippen MR) is 82.3 cm³/mol. The van der Waals surface area contributed by atoms with Crippen LogP contribution < -0.4 is 10.1 Å². The third kappa shape index (κ3) is 4.22. The number of benzene rings is 1. The van der Waals surface area contributed by atoms with Crippen molar-refractivity contribution in [1.29, 1.82) is 0 Å². The molecule has 106 valence electrons. The summed E-state index contributed by atoms with van der Waals surface area (Å²) in [4.78, 5) is 4.04. The zero-order valence-corrected chi connectivity index (χ0v) is 12.5. The molecule has 0 bridgehead atoms. The molecule has 2 rings (SSSR count). The van der Waals surface area contributed by atoms with E-state index in [0.717, 1.165) is 18.7 Å². The van der Waals surface area contributed by atoms with E-state index < -0.39 is 0 Å². The summed E-state index contributed by atoms with van der Waals surface area (Å²) in [6, 6.07) is 9.49. The lowest BCUT2D eigenvalue weighted by molar-refractivity contribution is 0.467. The third-order valence-electron chi connectivity index (χ3n) is 2.77. The smallest absolute Gasteiger partial charge is 0.150 e. The van der Waals surface area contributed by atoms with Crippen molar-refractivity contribution in [1.82, 2.24) is 10.3 Å². The van der Waals surface area contributed by atoms with Crippen molar-refractivity contribution in [2.75, 3.05) is 6.54 Å². The van der Waals surface area contributed by atoms with Crippen molar-refractivity contribution < 1.29 is 4.74 Å². The second-order valence-electron chi connectivity index (χ2n) is 5.04. The molecule has 0 spiro atoms. The highest BCUT2D eigenvalue weighted by Crippen LogP contribution is 2.32. The molecule has 20 heavy (non-hydrogen) atoms. The van der Waals surface area contributed by atoms with E-state index in [1.54, 1.807) is 12.4 Å². The van der Waals surface area contributed by atoms with Crippen LogP contribution in [0.15, 0.2) is 42.7 Å². The number of hydrogen-bond acceptors (Lipinski definition) is 3. The van der Waals surface area contributed by atoms with Gasteiger partial charge in [0.2, 0.25) is 0 Å². The summed E-state index contributed by atoms with van der Waals surface area (Å²) in [5, 5.41) is 4.01. The van der Waals surface area contributed by atoms with E-state index in [4.69, 9.17) is 16.3 Å². The van der Waals surface area contributed by atoms with Crippen LogP contribution in [0.1, 0.15) is 19.4 Å². The number of ether oxygens (including phenoxy) is 1. The molecule has 2 aromatic rings. The Balaban J connectivity index is 2.14. The van der Waals surface area contributed by atoms with E-state index in [1.165, 1.54) is 0 Å². The van der Waals surface area contributed by atoms with Gasteiger partial charge in [0.05, 0.1) is 11.2 Å². The van der Waals surface area contributed by atoms with Crippen molar-refractivity contribution in [2.24, 2.45) is 5.92 Å². The number of pyridine rings is 1. The largest absolute Gasteiger partial charge is 0.454 e. The van der Waals surface area contributed by atoms with Crippen LogP contribution in [-0.2, 0) is 6.54 Å². The molecular weight excluding hydrogens is 272 g/mol. The first-order valence-electron chi connectivity index (χ1n) is 6.73. The number of halogens is 1. The van der Waals surface area contributed by atoms with Crippen LogP contribution in [0, 0.1) is 5.92 Å². The number of rotatable bonds is 6. The maximum absolute atomic E-state index is 6.25. The molecule has 3 nitrogen and oxygen atoms in total. The molecule has 0 unspecified atom stereocenters. The Kier molecular flexibility index (Phi) is 5.39. The zero-order chi connectivity index (χ0) is 14.4. The number of nitrogens with one attached hydrogen (secondary N) is 1. The van der Waals surface area contributed by atoms with Crippen molar-refractivity contribution in [3.63, 3.8) is 0 Å². The minimum Gasteiger partial charge on any atom is -0.454 e. The summed E-state index contributed by atoms with van der Waals surface area (Å²) < 4.78 is 5.86. The Morgan fingerprint density at radius 3 is 2.80 bits per heavy atom. The maximum atomic E-state index is 6.25. The van der Waals surface area contributed by atoms with Gasteiger partial charge in [-0.05, 0) is 30.7 Å². The normalized spacial score (nSPS) is 10.8. The standard InChI is InChI=1S/C16H19ClN2O/c1-12(2)9-19-10-13-5-3-7-15(17)16(13)20-14-6-4-8-18-11-14/h3-8,11-12,19H,9-10H2,1-2H3. The average Bonchev–Trinajstić information content (AvgIpc) is 2.43. The number of nitrogens with zero attached hydrogens (tertiary/aromatic N) is 1. The molecule has 1 heterocycles. The Morgan fingerprint density at radius 1 is 1.25 bits per heavy atom. The van der Waals surface area contributed by atoms with Crippen LogP contribution in [0.25, 0.3) is 0 Å². The van der Waals surface area contributed by atoms with E-state index in [2.05, 4.69) is 24.1 Å². The average molecular weight is 291 g/mol. The first kappa shape index (κ1) is 14.8. The van der Waals surface area contributed by atoms with Gasteiger partial charge in [-0.1, -0.05) is 37.6 Å². The minimum absolute atomic E-state index is 0.608. The lowest BCUT2D eigenvalue weighted by atomic mass is 10.1. The first-order valence-corrected chi connectivity index (χ1v) is 7.10. The Morgan fingerprint density at radius 2 is 2.10 bits per heavy atom. The van der Waals surface area contributed by atoms with Crippen LogP contribution >= 0.6 is 11.6 Å². The minimum atomic E-state index is 0.608. The van der Waals surface area contributed by atoms with Gasteiger partial charge in [0.25, 0.3) is 0 Å². The van der Waals surface area contributed by atoms with E-state index in [1.807, 2.05) is 30.3 Å². The van der Waals surface area contributed by atoms with Gasteiger partial charge >= 0.3 is 0 Å². The number of aromatic nitrogens is 1. The molecule has 1 aromatic heterocycles. The fraction of sp³-hybridized carbons (Fsp3) is 0.312. The number of hydrogen-bond donors (Lipinski definition) is 1. The second-order valence-corrected chi connectivity index (χ2v) is 5.45. The van der Waals surface area contributed by atoms with Gasteiger partial charge in [-0.2, -0.15) is 0 Å². The third-order valence-corrected chi connectivity index (χ3v) is 3.07. The zero-order valence-electron chi connectivity index (χ0n) is 11.8. The van der Waals surface area contributed by atoms with Crippen molar-refractivity contribution in [3.05, 3.63) is 53.3 Å². The Hall–Kier alpha value is -1.58. The molecule has 0 aliphatic carbocycles. The molecule has 1 N–H and O–H groups in total. The summed E-state index contributed by atoms with van der Waals surface area (Å²) in [7, 11) is 0. The lowest BCUT2D eigenvalue weighted by Gasteiger charge is -2.14. The fourth-order valence-electron chi connectivity index (χ4n) is 1.83. The monoisotopic (exact) mass is 290 g/mol. The highest BCUT2D eigenvalue weighted by molar-refractivity contribution is 6.32. The van der Waals surface area contributed by atoms with E-state index >= 15 is 0 Å². The van der Waals surface area contributed by atoms with E-state index in [-0.39, 0.29) is 0 Å². The predicted octanol–water partition coefficient (Wildman–Crippen LogP) is 4.27. The molecular formula is C16H19ClN2O. The van der Waals surface area contributed by atoms with Crippen LogP contribution in [0.3, 0.4) is 0 Å². The fourth-order valence-corrected chi connectivity index (χ4v) is 2.06. The van der Waals surface area contributed by atoms with Crippen LogP contribution in [0.4, 0.5) is 0 Å². The van der Waals surface area contributed by atoms with E-state index in [9.17, 15) is 0 Å². The summed E-state index contributed by atoms with van der Waals surface area (Å²) >= 11 is 6.25. The molecule has 0 fully saturated rings. The van der Waals surface area contributed by atoms with Crippen LogP contribution in [0.5, 0.6) is 11.5 Å². The Labute approximate surface area is 124 Å². The molecule has 0 saturated heterocycles. The molecule has 1 aromatic carbocycles. The summed E-state index contributed by atoms with van der Waals surface area (Å²) in [6.07, 6.45) is 3.39. The van der Waals surface area contributed by atoms with Gasteiger partial charge in [-0.15, -0.1) is 0 Å². The van der Waals surface area contributed by atoms with Crippen molar-refractivity contribution in [2.45, 2.75) is 20.4 Å². The molecule has 4 heteroatoms. The van der Waals surface area contributed by atoms with Crippen molar-refractivity contribution >= 4 is 11.6 Å². The van der Waals surface area contributed by atoms with Gasteiger partial charge < -0.3 is 10.1 Å². The quantitative estimate of drug-likeness (QED) is 0.862. The van der Waals surface area contributed by atoms with Crippen LogP contribution in [0.2, 0.25) is 5.02 Å². The van der Waals surface area contributed by atoms with Crippen LogP contribution in [-0.4, -0.2) is 11.5 Å². The molecule has 0 aliphatic heterocycles. The van der Waals surface area contributed by atoms with Gasteiger partial charge in [0.15, 0.2) is 5.75 Å². The molecule has 0 saturated carbocycles. The SMILES string of the molecule is CC(C)CNCc1cccc(Cl)c1Oc1cccnc1. The summed E-state index contributed by atoms with van der Waals surface area (Å²) in [5.74, 6) is 1.99. The van der Waals surface area contributed by atoms with Crippen molar-refractivity contribution in [3.8, 4) is 11.5 Å². The van der Waals surface area contributed by atoms with Gasteiger partial charge in [-0.3, -0.25) is 4.98 Å². The molecule has 0 amide bonds. The number of para-hydroxylation sites is 1. The van der Waals surface area contributed by atoms with Gasteiger partial charge in [-0.25, -0.2) is 0 Å². The summed E-state index contributed by atoms with van der Waals surface area (Å²) in [5.41, 5.74) is 1.04. The Bertz CT molecular complexity index is 543. The van der Waals surface area contributed by atoms with E-state index in [0.29, 0.717) is 22.4 Å². The highest BCUT2D eigenvalue weighted by atomic mass is 35.5. The van der Waals surface area contributed by atoms with Gasteiger partial charge in [0, 0.05) is 18.3 Å². The maximum Gasteiger partial charge on any atom is 0.150 e. The molecule has 0 atom stereocenters. The molecule has 0 aliphatic rings. The lowest BCUT2D eigenvalue weighted by Crippen LogP contribution is -2.19. The highest BCUT2D eigenvalue weighted by Gasteiger charge is 2.09. The van der Waals surface area contributed by atoms with Gasteiger partial charge in [0.1, 0.15) is 5.75 Å². The topological polar surface area (TPSA) is 34.1 Å².